The van der Waals surface area contributed by atoms with Crippen LogP contribution in [0.2, 0.25) is 13.3 Å². The molecular weight excluding hydrogens is 895 g/mol. The first kappa shape index (κ1) is 59.8. The van der Waals surface area contributed by atoms with E-state index in [0.717, 1.165) is 0 Å². The zero-order valence-corrected chi connectivity index (χ0v) is 48.2. The molecule has 0 saturated heterocycles. The van der Waals surface area contributed by atoms with Crippen LogP contribution in [0.4, 0.5) is 0 Å². The van der Waals surface area contributed by atoms with Gasteiger partial charge in [0.1, 0.15) is 0 Å². The normalized spacial score (nSPS) is 12.0. The molecule has 0 spiro atoms. The number of rotatable bonds is 49. The van der Waals surface area contributed by atoms with E-state index in [1.807, 2.05) is 3.58 Å². The molecule has 64 heavy (non-hydrogen) atoms. The van der Waals surface area contributed by atoms with Crippen molar-refractivity contribution >= 4 is 33.3 Å². The second kappa shape index (κ2) is 44.0. The van der Waals surface area contributed by atoms with Crippen molar-refractivity contribution in [3.05, 3.63) is 40.1 Å². The topological polar surface area (TPSA) is 0 Å². The van der Waals surface area contributed by atoms with Gasteiger partial charge in [0.05, 0.1) is 0 Å². The standard InChI is InChI=1S/C50H87S.3C4H9.Sn/c1-3-5-7-9-11-13-15-17-19-21-23-25-27-29-31-33-35-38-44-48-46-51-49(50(48)47-42-39-37-40-43-47)45-41-36-34-32-30-28-26-24-22-20-18-16-14-12-10-8-6-4-2;3*1-3-4-2;/h39-40,42-43,46H,3-36,38,41,44-45H2,1-2H3;3*1,3-4H2,2H3;. The molecule has 1 aromatic heterocycles. The molecule has 2 aromatic rings. The molecule has 0 amide bonds. The summed E-state index contributed by atoms with van der Waals surface area (Å²) in [7, 11) is 0. The number of hydrogen-bond acceptors (Lipinski definition) is 1. The van der Waals surface area contributed by atoms with Gasteiger partial charge in [-0.1, -0.05) is 181 Å². The molecule has 372 valence electrons. The average molecular weight is 1010 g/mol. The van der Waals surface area contributed by atoms with Crippen LogP contribution in [0.25, 0.3) is 11.1 Å². The molecule has 2 heteroatoms. The van der Waals surface area contributed by atoms with E-state index in [1.165, 1.54) is 283 Å². The fraction of sp³-hybridized carbons (Fsp3) is 0.839. The maximum atomic E-state index is 2.69. The predicted octanol–water partition coefficient (Wildman–Crippen LogP) is 22.6. The van der Waals surface area contributed by atoms with Crippen LogP contribution in [-0.2, 0) is 12.8 Å². The summed E-state index contributed by atoms with van der Waals surface area (Å²) in [6.45, 7) is 11.9. The van der Waals surface area contributed by atoms with E-state index in [4.69, 9.17) is 0 Å². The quantitative estimate of drug-likeness (QED) is 0.0458. The van der Waals surface area contributed by atoms with Gasteiger partial charge in [-0.2, -0.15) is 0 Å². The molecule has 0 unspecified atom stereocenters. The Hall–Kier alpha value is -0.281. The van der Waals surface area contributed by atoms with Crippen molar-refractivity contribution in [3.63, 3.8) is 0 Å². The van der Waals surface area contributed by atoms with Crippen molar-refractivity contribution in [1.82, 2.24) is 0 Å². The Balaban J connectivity index is 1.83. The SMILES string of the molecule is CCCCCCCCCCCCCCCCCCCCc1csc(CCCCCCCCCCCCCCCCCCCC)c1-c1cc[c]([Sn]([CH2]CCC)([CH2]CCC)[CH2]CCC)cc1. The molecule has 0 bridgehead atoms. The van der Waals surface area contributed by atoms with Crippen LogP contribution in [0, 0.1) is 0 Å². The number of unbranched alkanes of at least 4 members (excludes halogenated alkanes) is 37. The molecular formula is C62H114SSn. The van der Waals surface area contributed by atoms with Crippen molar-refractivity contribution < 1.29 is 0 Å². The fourth-order valence-corrected chi connectivity index (χ4v) is 28.0. The predicted molar refractivity (Wildman–Crippen MR) is 299 cm³/mol. The third-order valence-electron chi connectivity index (χ3n) is 15.3. The first-order chi connectivity index (χ1) is 31.7. The van der Waals surface area contributed by atoms with Gasteiger partial charge in [0, 0.05) is 0 Å². The Morgan fingerprint density at radius 1 is 0.312 bits per heavy atom. The molecule has 0 radical (unpaired) electrons. The Bertz CT molecular complexity index is 1160. The zero-order chi connectivity index (χ0) is 45.9. The Morgan fingerprint density at radius 2 is 0.594 bits per heavy atom. The third kappa shape index (κ3) is 29.6. The molecule has 0 N–H and O–H groups in total. The van der Waals surface area contributed by atoms with Gasteiger partial charge in [0.15, 0.2) is 0 Å². The zero-order valence-electron chi connectivity index (χ0n) is 44.5. The van der Waals surface area contributed by atoms with Gasteiger partial charge in [-0.15, -0.1) is 0 Å². The molecule has 0 aliphatic rings. The van der Waals surface area contributed by atoms with Crippen molar-refractivity contribution in [2.45, 2.75) is 330 Å². The third-order valence-corrected chi connectivity index (χ3v) is 32.1. The molecule has 2 rings (SSSR count). The average Bonchev–Trinajstić information content (AvgIpc) is 3.72. The van der Waals surface area contributed by atoms with Crippen LogP contribution >= 0.6 is 11.3 Å². The molecule has 0 saturated carbocycles. The number of aryl methyl sites for hydroxylation is 2. The van der Waals surface area contributed by atoms with Crippen LogP contribution in [0.15, 0.2) is 29.6 Å². The van der Waals surface area contributed by atoms with Gasteiger partial charge in [0.25, 0.3) is 0 Å². The van der Waals surface area contributed by atoms with E-state index < -0.39 is 18.4 Å². The summed E-state index contributed by atoms with van der Waals surface area (Å²) >= 11 is -0.322. The van der Waals surface area contributed by atoms with Crippen LogP contribution in [0.1, 0.15) is 315 Å². The molecule has 1 aromatic carbocycles. The minimum atomic E-state index is -2.43. The first-order valence-electron chi connectivity index (χ1n) is 29.9. The van der Waals surface area contributed by atoms with Crippen molar-refractivity contribution in [1.29, 1.82) is 0 Å². The van der Waals surface area contributed by atoms with E-state index in [9.17, 15) is 0 Å². The van der Waals surface area contributed by atoms with Crippen LogP contribution < -0.4 is 3.58 Å². The van der Waals surface area contributed by atoms with E-state index in [1.54, 1.807) is 34.9 Å². The summed E-state index contributed by atoms with van der Waals surface area (Å²) in [5.74, 6) is 0. The molecule has 0 fully saturated rings. The van der Waals surface area contributed by atoms with Crippen LogP contribution in [0.5, 0.6) is 0 Å². The summed E-state index contributed by atoms with van der Waals surface area (Å²) in [4.78, 5) is 1.69. The van der Waals surface area contributed by atoms with Crippen LogP contribution in [-0.4, -0.2) is 18.4 Å². The fourth-order valence-electron chi connectivity index (χ4n) is 10.9. The molecule has 0 nitrogen and oxygen atoms in total. The summed E-state index contributed by atoms with van der Waals surface area (Å²) in [5, 5.41) is 2.59. The number of thiophene rings is 1. The first-order valence-corrected chi connectivity index (χ1v) is 38.2. The second-order valence-electron chi connectivity index (χ2n) is 21.2. The van der Waals surface area contributed by atoms with Crippen LogP contribution in [0.3, 0.4) is 0 Å². The molecule has 1 heterocycles. The van der Waals surface area contributed by atoms with Gasteiger partial charge < -0.3 is 0 Å². The van der Waals surface area contributed by atoms with E-state index in [2.05, 4.69) is 75.6 Å². The maximum absolute atomic E-state index is 2.69. The van der Waals surface area contributed by atoms with Crippen molar-refractivity contribution in [2.75, 3.05) is 0 Å². The van der Waals surface area contributed by atoms with Gasteiger partial charge >= 0.3 is 234 Å². The summed E-state index contributed by atoms with van der Waals surface area (Å²) < 4.78 is 6.55. The van der Waals surface area contributed by atoms with Crippen molar-refractivity contribution in [3.8, 4) is 11.1 Å². The summed E-state index contributed by atoms with van der Waals surface area (Å²) in [5.41, 5.74) is 4.87. The second-order valence-corrected chi connectivity index (χ2v) is 35.4. The summed E-state index contributed by atoms with van der Waals surface area (Å²) in [6, 6.07) is 10.6. The molecule has 0 aliphatic heterocycles. The molecule has 0 atom stereocenters. The number of benzene rings is 1. The Labute approximate surface area is 412 Å². The van der Waals surface area contributed by atoms with E-state index in [0.29, 0.717) is 0 Å². The Morgan fingerprint density at radius 3 is 0.906 bits per heavy atom. The van der Waals surface area contributed by atoms with Gasteiger partial charge in [-0.05, 0) is 0 Å². The minimum absolute atomic E-state index is 1.28. The van der Waals surface area contributed by atoms with E-state index in [-0.39, 0.29) is 0 Å². The van der Waals surface area contributed by atoms with Gasteiger partial charge in [-0.25, -0.2) is 0 Å². The van der Waals surface area contributed by atoms with E-state index >= 15 is 0 Å². The van der Waals surface area contributed by atoms with Gasteiger partial charge in [0.2, 0.25) is 0 Å². The monoisotopic (exact) mass is 1010 g/mol. The van der Waals surface area contributed by atoms with Gasteiger partial charge in [-0.3, -0.25) is 0 Å². The summed E-state index contributed by atoms with van der Waals surface area (Å²) in [6.07, 6.45) is 63.2. The number of hydrogen-bond donors (Lipinski definition) is 0. The molecule has 0 aliphatic carbocycles. The Kier molecular flexibility index (Phi) is 41.1. The van der Waals surface area contributed by atoms with Crippen molar-refractivity contribution in [2.24, 2.45) is 0 Å².